The van der Waals surface area contributed by atoms with Gasteiger partial charge in [-0.25, -0.2) is 0 Å². The van der Waals surface area contributed by atoms with Crippen LogP contribution in [0.1, 0.15) is 46.1 Å². The third-order valence-electron chi connectivity index (χ3n) is 4.73. The second-order valence-electron chi connectivity index (χ2n) is 7.74. The lowest BCUT2D eigenvalue weighted by molar-refractivity contribution is 0.0263. The Morgan fingerprint density at radius 2 is 1.81 bits per heavy atom. The van der Waals surface area contributed by atoms with Crippen LogP contribution in [-0.4, -0.2) is 56.9 Å². The summed E-state index contributed by atoms with van der Waals surface area (Å²) >= 11 is 0. The summed E-state index contributed by atoms with van der Waals surface area (Å²) in [4.78, 5) is 6.70. The third kappa shape index (κ3) is 7.86. The van der Waals surface area contributed by atoms with E-state index in [9.17, 15) is 0 Å². The number of halogens is 1. The fraction of sp³-hybridized carbons (Fsp3) is 0.667. The molecule has 6 heteroatoms. The molecule has 1 aliphatic heterocycles. The molecule has 0 amide bonds. The number of benzene rings is 1. The Morgan fingerprint density at radius 1 is 1.19 bits per heavy atom. The van der Waals surface area contributed by atoms with Crippen molar-refractivity contribution in [3.63, 3.8) is 0 Å². The van der Waals surface area contributed by atoms with Crippen LogP contribution in [0.3, 0.4) is 0 Å². The first kappa shape index (κ1) is 24.0. The van der Waals surface area contributed by atoms with Gasteiger partial charge in [-0.1, -0.05) is 32.9 Å². The predicted molar refractivity (Wildman–Crippen MR) is 124 cm³/mol. The van der Waals surface area contributed by atoms with Crippen molar-refractivity contribution in [3.05, 3.63) is 29.8 Å². The van der Waals surface area contributed by atoms with Gasteiger partial charge >= 0.3 is 0 Å². The van der Waals surface area contributed by atoms with E-state index in [0.717, 1.165) is 50.8 Å². The molecular formula is C21H36IN3O2. The van der Waals surface area contributed by atoms with Crippen LogP contribution in [0.25, 0.3) is 0 Å². The number of ether oxygens (including phenoxy) is 2. The molecule has 1 N–H and O–H groups in total. The molecule has 0 aromatic heterocycles. The molecule has 154 valence electrons. The van der Waals surface area contributed by atoms with Gasteiger partial charge in [0.15, 0.2) is 5.96 Å². The molecule has 0 spiro atoms. The lowest BCUT2D eigenvalue weighted by Gasteiger charge is -2.34. The van der Waals surface area contributed by atoms with Gasteiger partial charge in [-0.2, -0.15) is 0 Å². The van der Waals surface area contributed by atoms with Crippen LogP contribution in [0.2, 0.25) is 0 Å². The second kappa shape index (κ2) is 11.7. The number of hydrogen-bond acceptors (Lipinski definition) is 3. The number of nitrogens with one attached hydrogen (secondary N) is 1. The van der Waals surface area contributed by atoms with Crippen molar-refractivity contribution in [2.24, 2.45) is 4.99 Å². The summed E-state index contributed by atoms with van der Waals surface area (Å²) in [5.74, 6) is 1.86. The number of guanidine groups is 1. The van der Waals surface area contributed by atoms with Crippen molar-refractivity contribution in [1.29, 1.82) is 0 Å². The summed E-state index contributed by atoms with van der Waals surface area (Å²) in [5.41, 5.74) is 1.49. The fourth-order valence-corrected chi connectivity index (χ4v) is 3.19. The fourth-order valence-electron chi connectivity index (χ4n) is 3.19. The maximum absolute atomic E-state index is 5.85. The predicted octanol–water partition coefficient (Wildman–Crippen LogP) is 4.06. The van der Waals surface area contributed by atoms with Crippen LogP contribution in [0.15, 0.2) is 29.3 Å². The maximum Gasteiger partial charge on any atom is 0.193 e. The molecule has 1 saturated heterocycles. The van der Waals surface area contributed by atoms with Gasteiger partial charge < -0.3 is 19.7 Å². The average Bonchev–Trinajstić information content (AvgIpc) is 2.63. The standard InChI is InChI=1S/C21H35N3O2.HI/c1-6-25-19-11-14-24(15-12-19)20(22-5)23-13-16-26-18-9-7-17(8-10-18)21(2,3)4;/h7-10,19H,6,11-16H2,1-5H3,(H,22,23);1H. The molecule has 27 heavy (non-hydrogen) atoms. The van der Waals surface area contributed by atoms with Gasteiger partial charge in [0, 0.05) is 26.7 Å². The quantitative estimate of drug-likeness (QED) is 0.284. The number of piperidine rings is 1. The van der Waals surface area contributed by atoms with Crippen LogP contribution < -0.4 is 10.1 Å². The average molecular weight is 489 g/mol. The number of nitrogens with zero attached hydrogens (tertiary/aromatic N) is 2. The Hall–Kier alpha value is -1.02. The summed E-state index contributed by atoms with van der Waals surface area (Å²) in [6, 6.07) is 8.39. The van der Waals surface area contributed by atoms with Gasteiger partial charge in [-0.15, -0.1) is 24.0 Å². The number of hydrogen-bond donors (Lipinski definition) is 1. The molecule has 1 aromatic carbocycles. The van der Waals surface area contributed by atoms with Crippen LogP contribution >= 0.6 is 24.0 Å². The summed E-state index contributed by atoms with van der Waals surface area (Å²) in [5, 5.41) is 3.40. The first-order valence-corrected chi connectivity index (χ1v) is 9.74. The Labute approximate surface area is 181 Å². The van der Waals surface area contributed by atoms with Gasteiger partial charge in [-0.05, 0) is 42.9 Å². The second-order valence-corrected chi connectivity index (χ2v) is 7.74. The SMILES string of the molecule is CCOC1CCN(C(=NC)NCCOc2ccc(C(C)(C)C)cc2)CC1.I. The largest absolute Gasteiger partial charge is 0.492 e. The van der Waals surface area contributed by atoms with E-state index in [1.807, 2.05) is 19.2 Å². The van der Waals surface area contributed by atoms with Crippen LogP contribution in [0.5, 0.6) is 5.75 Å². The van der Waals surface area contributed by atoms with Gasteiger partial charge in [0.2, 0.25) is 0 Å². The topological polar surface area (TPSA) is 46.1 Å². The highest BCUT2D eigenvalue weighted by Crippen LogP contribution is 2.24. The van der Waals surface area contributed by atoms with Crippen molar-refractivity contribution < 1.29 is 9.47 Å². The van der Waals surface area contributed by atoms with Crippen molar-refractivity contribution in [3.8, 4) is 5.75 Å². The highest BCUT2D eigenvalue weighted by Gasteiger charge is 2.21. The van der Waals surface area contributed by atoms with E-state index in [1.54, 1.807) is 0 Å². The highest BCUT2D eigenvalue weighted by molar-refractivity contribution is 14.0. The smallest absolute Gasteiger partial charge is 0.193 e. The third-order valence-corrected chi connectivity index (χ3v) is 4.73. The normalized spacial score (nSPS) is 16.0. The van der Waals surface area contributed by atoms with Crippen molar-refractivity contribution in [2.75, 3.05) is 39.9 Å². The van der Waals surface area contributed by atoms with Crippen LogP contribution in [-0.2, 0) is 10.2 Å². The van der Waals surface area contributed by atoms with E-state index in [1.165, 1.54) is 5.56 Å². The molecular weight excluding hydrogens is 453 g/mol. The molecule has 0 atom stereocenters. The molecule has 1 fully saturated rings. The molecule has 1 heterocycles. The van der Waals surface area contributed by atoms with Crippen molar-refractivity contribution in [2.45, 2.75) is 52.1 Å². The van der Waals surface area contributed by atoms with Crippen LogP contribution in [0, 0.1) is 0 Å². The molecule has 0 radical (unpaired) electrons. The molecule has 0 aliphatic carbocycles. The van der Waals surface area contributed by atoms with Crippen molar-refractivity contribution in [1.82, 2.24) is 10.2 Å². The number of aliphatic imine (C=N–C) groups is 1. The molecule has 0 saturated carbocycles. The van der Waals surface area contributed by atoms with E-state index in [0.29, 0.717) is 12.7 Å². The summed E-state index contributed by atoms with van der Waals surface area (Å²) in [6.07, 6.45) is 2.52. The molecule has 0 bridgehead atoms. The molecule has 1 aliphatic rings. The zero-order valence-corrected chi connectivity index (χ0v) is 19.8. The van der Waals surface area contributed by atoms with Crippen molar-refractivity contribution >= 4 is 29.9 Å². The van der Waals surface area contributed by atoms with E-state index in [4.69, 9.17) is 9.47 Å². The molecule has 0 unspecified atom stereocenters. The van der Waals surface area contributed by atoms with E-state index >= 15 is 0 Å². The zero-order chi connectivity index (χ0) is 19.0. The Morgan fingerprint density at radius 3 is 2.33 bits per heavy atom. The van der Waals surface area contributed by atoms with E-state index in [2.05, 4.69) is 55.0 Å². The van der Waals surface area contributed by atoms with Gasteiger partial charge in [0.1, 0.15) is 12.4 Å². The highest BCUT2D eigenvalue weighted by atomic mass is 127. The van der Waals surface area contributed by atoms with Gasteiger partial charge in [0.25, 0.3) is 0 Å². The molecule has 1 aromatic rings. The number of likely N-dealkylation sites (tertiary alicyclic amines) is 1. The Kier molecular flexibility index (Phi) is 10.4. The lowest BCUT2D eigenvalue weighted by atomic mass is 9.87. The lowest BCUT2D eigenvalue weighted by Crippen LogP contribution is -2.47. The minimum atomic E-state index is 0. The Bertz CT molecular complexity index is 562. The van der Waals surface area contributed by atoms with E-state index < -0.39 is 0 Å². The Balaban J connectivity index is 0.00000364. The first-order chi connectivity index (χ1) is 12.4. The molecule has 5 nitrogen and oxygen atoms in total. The first-order valence-electron chi connectivity index (χ1n) is 9.74. The van der Waals surface area contributed by atoms with Gasteiger partial charge in [-0.3, -0.25) is 4.99 Å². The maximum atomic E-state index is 5.85. The minimum absolute atomic E-state index is 0. The minimum Gasteiger partial charge on any atom is -0.492 e. The van der Waals surface area contributed by atoms with Gasteiger partial charge in [0.05, 0.1) is 12.6 Å². The summed E-state index contributed by atoms with van der Waals surface area (Å²) in [7, 11) is 1.84. The van der Waals surface area contributed by atoms with Crippen LogP contribution in [0.4, 0.5) is 0 Å². The summed E-state index contributed by atoms with van der Waals surface area (Å²) < 4.78 is 11.6. The summed E-state index contributed by atoms with van der Waals surface area (Å²) in [6.45, 7) is 12.8. The number of rotatable bonds is 6. The zero-order valence-electron chi connectivity index (χ0n) is 17.5. The monoisotopic (exact) mass is 489 g/mol. The molecule has 2 rings (SSSR count). The van der Waals surface area contributed by atoms with E-state index in [-0.39, 0.29) is 29.4 Å².